The van der Waals surface area contributed by atoms with Gasteiger partial charge < -0.3 is 0 Å². The Balaban J connectivity index is 4.32. The van der Waals surface area contributed by atoms with Crippen LogP contribution >= 0.6 is 0 Å². The van der Waals surface area contributed by atoms with Gasteiger partial charge in [0, 0.05) is 18.8 Å². The van der Waals surface area contributed by atoms with E-state index in [1.54, 1.807) is 6.92 Å². The average Bonchev–Trinajstić information content (AvgIpc) is 1.65. The summed E-state index contributed by atoms with van der Waals surface area (Å²) in [6.07, 6.45) is 0. The van der Waals surface area contributed by atoms with Crippen LogP contribution in [0, 0.1) is 22.0 Å². The fraction of sp³-hybridized carbons (Fsp3) is 0.667. The smallest absolute Gasteiger partial charge is 0.263 e. The van der Waals surface area contributed by atoms with Crippen molar-refractivity contribution in [2.24, 2.45) is 0 Å². The summed E-state index contributed by atoms with van der Waals surface area (Å²) in [6, 6.07) is 0. The van der Waals surface area contributed by atoms with E-state index in [1.807, 2.05) is 0 Å². The topological polar surface area (TPSA) is 43.1 Å². The molecule has 3 nitrogen and oxygen atoms in total. The standard InChI is InChI=1S/C6H9NO2/c1-4-5-6(2,3)7(8)9/h1-3H3. The third-order valence-electron chi connectivity index (χ3n) is 0.887. The van der Waals surface area contributed by atoms with Crippen LogP contribution in [0.1, 0.15) is 20.8 Å². The van der Waals surface area contributed by atoms with Crippen molar-refractivity contribution in [3.8, 4) is 11.8 Å². The molecule has 9 heavy (non-hydrogen) atoms. The number of hydrogen-bond acceptors (Lipinski definition) is 2. The van der Waals surface area contributed by atoms with Gasteiger partial charge in [-0.2, -0.15) is 0 Å². The minimum atomic E-state index is -1.09. The summed E-state index contributed by atoms with van der Waals surface area (Å²) < 4.78 is 0. The summed E-state index contributed by atoms with van der Waals surface area (Å²) in [5, 5.41) is 10.1. The fourth-order valence-corrected chi connectivity index (χ4v) is 0.352. The number of nitrogens with zero attached hydrogens (tertiary/aromatic N) is 1. The Morgan fingerprint density at radius 3 is 2.11 bits per heavy atom. The Bertz CT molecular complexity index is 173. The molecule has 0 aromatic heterocycles. The average molecular weight is 127 g/mol. The highest BCUT2D eigenvalue weighted by Gasteiger charge is 2.26. The third-order valence-corrected chi connectivity index (χ3v) is 0.887. The molecule has 0 bridgehead atoms. The highest BCUT2D eigenvalue weighted by Crippen LogP contribution is 2.03. The van der Waals surface area contributed by atoms with E-state index in [-0.39, 0.29) is 0 Å². The van der Waals surface area contributed by atoms with E-state index < -0.39 is 10.5 Å². The molecule has 3 heteroatoms. The molecule has 0 aromatic carbocycles. The minimum absolute atomic E-state index is 0.399. The second kappa shape index (κ2) is 2.49. The Hall–Kier alpha value is -1.04. The predicted molar refractivity (Wildman–Crippen MR) is 34.5 cm³/mol. The van der Waals surface area contributed by atoms with Crippen molar-refractivity contribution in [2.45, 2.75) is 26.3 Å². The van der Waals surface area contributed by atoms with Crippen LogP contribution in [-0.4, -0.2) is 10.5 Å². The van der Waals surface area contributed by atoms with Crippen molar-refractivity contribution >= 4 is 0 Å². The summed E-state index contributed by atoms with van der Waals surface area (Å²) in [4.78, 5) is 9.71. The molecule has 0 heterocycles. The minimum Gasteiger partial charge on any atom is -0.263 e. The highest BCUT2D eigenvalue weighted by atomic mass is 16.6. The summed E-state index contributed by atoms with van der Waals surface area (Å²) in [5.74, 6) is 4.97. The second-order valence-electron chi connectivity index (χ2n) is 2.19. The van der Waals surface area contributed by atoms with Gasteiger partial charge in [0.15, 0.2) is 0 Å². The number of rotatable bonds is 1. The molecule has 0 spiro atoms. The summed E-state index contributed by atoms with van der Waals surface area (Å²) in [6.45, 7) is 4.54. The van der Waals surface area contributed by atoms with Gasteiger partial charge >= 0.3 is 0 Å². The van der Waals surface area contributed by atoms with Gasteiger partial charge in [0.05, 0.1) is 0 Å². The van der Waals surface area contributed by atoms with Crippen LogP contribution in [-0.2, 0) is 0 Å². The van der Waals surface area contributed by atoms with Gasteiger partial charge in [-0.05, 0) is 12.8 Å². The zero-order valence-corrected chi connectivity index (χ0v) is 5.76. The molecule has 0 unspecified atom stereocenters. The van der Waals surface area contributed by atoms with Gasteiger partial charge in [-0.25, -0.2) is 0 Å². The van der Waals surface area contributed by atoms with Crippen molar-refractivity contribution in [3.05, 3.63) is 10.1 Å². The normalized spacial score (nSPS) is 9.67. The quantitative estimate of drug-likeness (QED) is 0.300. The first-order chi connectivity index (χ1) is 4.00. The molecule has 0 aliphatic rings. The Morgan fingerprint density at radius 1 is 1.56 bits per heavy atom. The molecule has 0 amide bonds. The van der Waals surface area contributed by atoms with Crippen LogP contribution in [0.25, 0.3) is 0 Å². The molecule has 0 aliphatic carbocycles. The van der Waals surface area contributed by atoms with Crippen molar-refractivity contribution in [1.29, 1.82) is 0 Å². The Labute approximate surface area is 54.2 Å². The summed E-state index contributed by atoms with van der Waals surface area (Å²) in [5.41, 5.74) is -1.09. The van der Waals surface area contributed by atoms with Crippen molar-refractivity contribution in [3.63, 3.8) is 0 Å². The van der Waals surface area contributed by atoms with Crippen LogP contribution < -0.4 is 0 Å². The fourth-order valence-electron chi connectivity index (χ4n) is 0.352. The lowest BCUT2D eigenvalue weighted by molar-refractivity contribution is -0.542. The second-order valence-corrected chi connectivity index (χ2v) is 2.19. The molecule has 0 aromatic rings. The Kier molecular flexibility index (Phi) is 2.20. The third kappa shape index (κ3) is 2.13. The molecule has 0 aliphatic heterocycles. The van der Waals surface area contributed by atoms with E-state index in [2.05, 4.69) is 11.8 Å². The number of nitro groups is 1. The van der Waals surface area contributed by atoms with E-state index >= 15 is 0 Å². The molecule has 0 saturated carbocycles. The van der Waals surface area contributed by atoms with Gasteiger partial charge in [0.25, 0.3) is 5.54 Å². The van der Waals surface area contributed by atoms with E-state index in [9.17, 15) is 10.1 Å². The first-order valence-electron chi connectivity index (χ1n) is 2.59. The first kappa shape index (κ1) is 7.96. The SMILES string of the molecule is CC#CC(C)(C)[N+](=O)[O-]. The van der Waals surface area contributed by atoms with Crippen LogP contribution in [0.3, 0.4) is 0 Å². The first-order valence-corrected chi connectivity index (χ1v) is 2.59. The van der Waals surface area contributed by atoms with E-state index in [0.717, 1.165) is 0 Å². The lowest BCUT2D eigenvalue weighted by Crippen LogP contribution is -2.28. The lowest BCUT2D eigenvalue weighted by Gasteiger charge is -2.05. The van der Waals surface area contributed by atoms with Gasteiger partial charge in [-0.3, -0.25) is 10.1 Å². The zero-order chi connectivity index (χ0) is 7.49. The van der Waals surface area contributed by atoms with E-state index in [0.29, 0.717) is 0 Å². The van der Waals surface area contributed by atoms with Crippen LogP contribution in [0.15, 0.2) is 0 Å². The predicted octanol–water partition coefficient (Wildman–Crippen LogP) is 1.06. The lowest BCUT2D eigenvalue weighted by atomic mass is 10.1. The van der Waals surface area contributed by atoms with E-state index in [1.165, 1.54) is 13.8 Å². The Morgan fingerprint density at radius 2 is 2.00 bits per heavy atom. The summed E-state index contributed by atoms with van der Waals surface area (Å²) >= 11 is 0. The van der Waals surface area contributed by atoms with Gasteiger partial charge in [0.2, 0.25) is 0 Å². The molecule has 0 rings (SSSR count). The molecule has 0 atom stereocenters. The van der Waals surface area contributed by atoms with Crippen molar-refractivity contribution < 1.29 is 4.92 Å². The molecule has 0 saturated heterocycles. The summed E-state index contributed by atoms with van der Waals surface area (Å²) in [7, 11) is 0. The maximum atomic E-state index is 10.1. The molecule has 0 radical (unpaired) electrons. The van der Waals surface area contributed by atoms with Crippen LogP contribution in [0.5, 0.6) is 0 Å². The maximum absolute atomic E-state index is 10.1. The van der Waals surface area contributed by atoms with Gasteiger partial charge in [-0.1, -0.05) is 5.92 Å². The zero-order valence-electron chi connectivity index (χ0n) is 5.76. The molecule has 50 valence electrons. The largest absolute Gasteiger partial charge is 0.275 e. The van der Waals surface area contributed by atoms with Gasteiger partial charge in [-0.15, -0.1) is 0 Å². The van der Waals surface area contributed by atoms with Crippen LogP contribution in [0.4, 0.5) is 0 Å². The van der Waals surface area contributed by atoms with Gasteiger partial charge in [0.1, 0.15) is 0 Å². The number of hydrogen-bond donors (Lipinski definition) is 0. The molecular formula is C6H9NO2. The molecular weight excluding hydrogens is 118 g/mol. The monoisotopic (exact) mass is 127 g/mol. The highest BCUT2D eigenvalue weighted by molar-refractivity contribution is 5.07. The van der Waals surface area contributed by atoms with Crippen molar-refractivity contribution in [1.82, 2.24) is 0 Å². The van der Waals surface area contributed by atoms with E-state index in [4.69, 9.17) is 0 Å². The molecule has 0 fully saturated rings. The molecule has 0 N–H and O–H groups in total. The maximum Gasteiger partial charge on any atom is 0.275 e. The van der Waals surface area contributed by atoms with Crippen LogP contribution in [0.2, 0.25) is 0 Å². The van der Waals surface area contributed by atoms with Crippen molar-refractivity contribution in [2.75, 3.05) is 0 Å².